The first-order chi connectivity index (χ1) is 7.77. The van der Waals surface area contributed by atoms with Crippen molar-refractivity contribution in [1.82, 2.24) is 5.32 Å². The minimum Gasteiger partial charge on any atom is -0.506 e. The minimum absolute atomic E-state index is 0.170. The number of rotatable bonds is 4. The summed E-state index contributed by atoms with van der Waals surface area (Å²) in [6.45, 7) is 2.31. The van der Waals surface area contributed by atoms with Crippen molar-refractivity contribution in [1.29, 1.82) is 0 Å². The van der Waals surface area contributed by atoms with Crippen LogP contribution >= 0.6 is 11.6 Å². The summed E-state index contributed by atoms with van der Waals surface area (Å²) in [7, 11) is 0. The number of hydrogen-bond donors (Lipinski definition) is 2. The van der Waals surface area contributed by atoms with Crippen molar-refractivity contribution >= 4 is 11.6 Å². The molecule has 0 amide bonds. The van der Waals surface area contributed by atoms with Crippen molar-refractivity contribution in [2.75, 3.05) is 13.2 Å². The smallest absolute Gasteiger partial charge is 0.138 e. The van der Waals surface area contributed by atoms with E-state index in [0.29, 0.717) is 17.7 Å². The van der Waals surface area contributed by atoms with Gasteiger partial charge in [0.25, 0.3) is 0 Å². The Morgan fingerprint density at radius 1 is 1.50 bits per heavy atom. The van der Waals surface area contributed by atoms with Crippen LogP contribution in [0, 0.1) is 0 Å². The second kappa shape index (κ2) is 5.53. The van der Waals surface area contributed by atoms with E-state index < -0.39 is 0 Å². The second-order valence-corrected chi connectivity index (χ2v) is 4.42. The quantitative estimate of drug-likeness (QED) is 0.850. The van der Waals surface area contributed by atoms with E-state index >= 15 is 0 Å². The molecule has 1 unspecified atom stereocenters. The zero-order chi connectivity index (χ0) is 11.4. The maximum atomic E-state index is 9.69. The molecule has 0 aliphatic carbocycles. The molecule has 0 radical (unpaired) electrons. The molecule has 0 aromatic heterocycles. The van der Waals surface area contributed by atoms with E-state index in [0.717, 1.165) is 31.6 Å². The number of aromatic hydroxyl groups is 1. The predicted octanol–water partition coefficient (Wildman–Crippen LogP) is 2.31. The van der Waals surface area contributed by atoms with Gasteiger partial charge in [-0.05, 0) is 18.9 Å². The molecule has 1 aromatic rings. The van der Waals surface area contributed by atoms with Gasteiger partial charge in [-0.3, -0.25) is 0 Å². The fourth-order valence-corrected chi connectivity index (χ4v) is 2.07. The van der Waals surface area contributed by atoms with E-state index in [4.69, 9.17) is 16.3 Å². The number of para-hydroxylation sites is 1. The normalized spacial score (nSPS) is 20.2. The van der Waals surface area contributed by atoms with Crippen molar-refractivity contribution in [2.24, 2.45) is 0 Å². The molecule has 1 saturated heterocycles. The SMILES string of the molecule is Oc1c(Cl)cccc1CNCC1CCCO1. The number of hydrogen-bond acceptors (Lipinski definition) is 3. The van der Waals surface area contributed by atoms with Gasteiger partial charge in [0.05, 0.1) is 11.1 Å². The third kappa shape index (κ3) is 2.88. The van der Waals surface area contributed by atoms with Gasteiger partial charge in [0.2, 0.25) is 0 Å². The molecule has 16 heavy (non-hydrogen) atoms. The summed E-state index contributed by atoms with van der Waals surface area (Å²) in [5.41, 5.74) is 0.825. The largest absolute Gasteiger partial charge is 0.506 e. The Bertz CT molecular complexity index is 351. The number of phenols is 1. The van der Waals surface area contributed by atoms with Gasteiger partial charge in [0.15, 0.2) is 0 Å². The van der Waals surface area contributed by atoms with E-state index in [2.05, 4.69) is 5.32 Å². The molecule has 88 valence electrons. The molecule has 1 aliphatic heterocycles. The van der Waals surface area contributed by atoms with Crippen LogP contribution in [0.15, 0.2) is 18.2 Å². The number of benzene rings is 1. The van der Waals surface area contributed by atoms with Gasteiger partial charge in [0, 0.05) is 25.3 Å². The minimum atomic E-state index is 0.170. The molecule has 1 aromatic carbocycles. The number of nitrogens with one attached hydrogen (secondary N) is 1. The summed E-state index contributed by atoms with van der Waals surface area (Å²) in [6.07, 6.45) is 2.59. The van der Waals surface area contributed by atoms with Gasteiger partial charge in [-0.2, -0.15) is 0 Å². The van der Waals surface area contributed by atoms with Gasteiger partial charge in [-0.15, -0.1) is 0 Å². The Morgan fingerprint density at radius 2 is 2.38 bits per heavy atom. The number of ether oxygens (including phenoxy) is 1. The first kappa shape index (κ1) is 11.7. The molecule has 0 spiro atoms. The van der Waals surface area contributed by atoms with Crippen molar-refractivity contribution in [2.45, 2.75) is 25.5 Å². The van der Waals surface area contributed by atoms with Crippen LogP contribution < -0.4 is 5.32 Å². The van der Waals surface area contributed by atoms with Crippen LogP contribution in [-0.2, 0) is 11.3 Å². The highest BCUT2D eigenvalue weighted by Crippen LogP contribution is 2.26. The topological polar surface area (TPSA) is 41.5 Å². The maximum absolute atomic E-state index is 9.69. The molecule has 2 N–H and O–H groups in total. The van der Waals surface area contributed by atoms with Crippen molar-refractivity contribution in [3.05, 3.63) is 28.8 Å². The lowest BCUT2D eigenvalue weighted by Gasteiger charge is -2.11. The fraction of sp³-hybridized carbons (Fsp3) is 0.500. The average molecular weight is 242 g/mol. The van der Waals surface area contributed by atoms with E-state index in [9.17, 15) is 5.11 Å². The highest BCUT2D eigenvalue weighted by atomic mass is 35.5. The molecule has 3 nitrogen and oxygen atoms in total. The van der Waals surface area contributed by atoms with E-state index in [1.54, 1.807) is 6.07 Å². The van der Waals surface area contributed by atoms with Crippen LogP contribution in [0.1, 0.15) is 18.4 Å². The molecule has 1 atom stereocenters. The highest BCUT2D eigenvalue weighted by molar-refractivity contribution is 6.32. The standard InChI is InChI=1S/C12H16ClNO2/c13-11-5-1-3-9(12(11)15)7-14-8-10-4-2-6-16-10/h1,3,5,10,14-15H,2,4,6-8H2. The Balaban J connectivity index is 1.82. The van der Waals surface area contributed by atoms with Gasteiger partial charge in [0.1, 0.15) is 5.75 Å². The Kier molecular flexibility index (Phi) is 4.04. The summed E-state index contributed by atoms with van der Waals surface area (Å²) in [5.74, 6) is 0.170. The van der Waals surface area contributed by atoms with Gasteiger partial charge < -0.3 is 15.2 Å². The Morgan fingerprint density at radius 3 is 3.12 bits per heavy atom. The third-order valence-electron chi connectivity index (χ3n) is 2.78. The van der Waals surface area contributed by atoms with E-state index in [1.165, 1.54) is 0 Å². The van der Waals surface area contributed by atoms with Crippen LogP contribution in [0.2, 0.25) is 5.02 Å². The molecular formula is C12H16ClNO2. The van der Waals surface area contributed by atoms with Crippen molar-refractivity contribution in [3.8, 4) is 5.75 Å². The first-order valence-electron chi connectivity index (χ1n) is 5.56. The van der Waals surface area contributed by atoms with E-state index in [-0.39, 0.29) is 5.75 Å². The summed E-state index contributed by atoms with van der Waals surface area (Å²) < 4.78 is 5.49. The number of halogens is 1. The molecule has 2 rings (SSSR count). The second-order valence-electron chi connectivity index (χ2n) is 4.01. The van der Waals surface area contributed by atoms with Gasteiger partial charge in [-0.1, -0.05) is 23.7 Å². The van der Waals surface area contributed by atoms with Crippen LogP contribution in [0.25, 0.3) is 0 Å². The summed E-state index contributed by atoms with van der Waals surface area (Å²) in [6, 6.07) is 5.38. The Hall–Kier alpha value is -0.770. The van der Waals surface area contributed by atoms with E-state index in [1.807, 2.05) is 12.1 Å². The molecular weight excluding hydrogens is 226 g/mol. The fourth-order valence-electron chi connectivity index (χ4n) is 1.88. The lowest BCUT2D eigenvalue weighted by Crippen LogP contribution is -2.25. The maximum Gasteiger partial charge on any atom is 0.138 e. The van der Waals surface area contributed by atoms with Crippen LogP contribution in [0.5, 0.6) is 5.75 Å². The van der Waals surface area contributed by atoms with Crippen LogP contribution in [-0.4, -0.2) is 24.4 Å². The third-order valence-corrected chi connectivity index (χ3v) is 3.09. The van der Waals surface area contributed by atoms with Crippen LogP contribution in [0.3, 0.4) is 0 Å². The number of phenolic OH excluding ortho intramolecular Hbond substituents is 1. The molecule has 1 heterocycles. The molecule has 0 saturated carbocycles. The monoisotopic (exact) mass is 241 g/mol. The lowest BCUT2D eigenvalue weighted by molar-refractivity contribution is 0.110. The Labute approximate surface area is 100 Å². The molecule has 1 aliphatic rings. The van der Waals surface area contributed by atoms with Crippen LogP contribution in [0.4, 0.5) is 0 Å². The molecule has 0 bridgehead atoms. The van der Waals surface area contributed by atoms with Gasteiger partial charge >= 0.3 is 0 Å². The highest BCUT2D eigenvalue weighted by Gasteiger charge is 2.14. The summed E-state index contributed by atoms with van der Waals surface area (Å²) in [5, 5.41) is 13.4. The summed E-state index contributed by atoms with van der Waals surface area (Å²) >= 11 is 5.82. The molecule has 1 fully saturated rings. The first-order valence-corrected chi connectivity index (χ1v) is 5.94. The molecule has 4 heteroatoms. The van der Waals surface area contributed by atoms with Crippen molar-refractivity contribution < 1.29 is 9.84 Å². The zero-order valence-electron chi connectivity index (χ0n) is 9.08. The van der Waals surface area contributed by atoms with Crippen molar-refractivity contribution in [3.63, 3.8) is 0 Å². The lowest BCUT2D eigenvalue weighted by atomic mass is 10.2. The average Bonchev–Trinajstić information content (AvgIpc) is 2.77. The summed E-state index contributed by atoms with van der Waals surface area (Å²) in [4.78, 5) is 0. The predicted molar refractivity (Wildman–Crippen MR) is 63.8 cm³/mol. The zero-order valence-corrected chi connectivity index (χ0v) is 9.83. The van der Waals surface area contributed by atoms with Gasteiger partial charge in [-0.25, -0.2) is 0 Å².